The number of halogens is 1. The molecule has 1 saturated heterocycles. The fourth-order valence-corrected chi connectivity index (χ4v) is 5.45. The molecular formula is C28H45FO2. The van der Waals surface area contributed by atoms with Crippen LogP contribution in [0.2, 0.25) is 0 Å². The van der Waals surface area contributed by atoms with Gasteiger partial charge in [-0.25, -0.2) is 4.39 Å². The molecule has 0 aromatic heterocycles. The first-order valence-corrected chi connectivity index (χ1v) is 13.2. The highest BCUT2D eigenvalue weighted by molar-refractivity contribution is 5.25. The lowest BCUT2D eigenvalue weighted by atomic mass is 9.74. The van der Waals surface area contributed by atoms with Crippen LogP contribution in [0.1, 0.15) is 115 Å². The van der Waals surface area contributed by atoms with Gasteiger partial charge in [0.15, 0.2) is 6.29 Å². The third-order valence-corrected chi connectivity index (χ3v) is 7.59. The molecule has 31 heavy (non-hydrogen) atoms. The van der Waals surface area contributed by atoms with E-state index in [1.165, 1.54) is 77.0 Å². The van der Waals surface area contributed by atoms with E-state index >= 15 is 0 Å². The zero-order valence-electron chi connectivity index (χ0n) is 20.0. The summed E-state index contributed by atoms with van der Waals surface area (Å²) in [4.78, 5) is 0. The predicted octanol–water partition coefficient (Wildman–Crippen LogP) is 8.39. The number of unbranched alkanes of at least 4 members (excludes halogenated alkanes) is 6. The molecule has 1 aromatic rings. The second-order valence-electron chi connectivity index (χ2n) is 10.1. The number of benzene rings is 1. The molecule has 1 aliphatic heterocycles. The summed E-state index contributed by atoms with van der Waals surface area (Å²) >= 11 is 0. The summed E-state index contributed by atoms with van der Waals surface area (Å²) in [5.74, 6) is 1.93. The van der Waals surface area contributed by atoms with Gasteiger partial charge in [-0.05, 0) is 49.1 Å². The van der Waals surface area contributed by atoms with Crippen LogP contribution < -0.4 is 0 Å². The Hall–Kier alpha value is -0.930. The van der Waals surface area contributed by atoms with Crippen molar-refractivity contribution in [2.75, 3.05) is 13.2 Å². The second-order valence-corrected chi connectivity index (χ2v) is 10.1. The molecular weight excluding hydrogens is 387 g/mol. The van der Waals surface area contributed by atoms with Gasteiger partial charge in [0.1, 0.15) is 5.82 Å². The van der Waals surface area contributed by atoms with Crippen molar-refractivity contribution in [3.05, 3.63) is 35.1 Å². The SMILES string of the molecule is CCCCCCCc1ccc(C2OCC(C3CCC(CCCCC)CC3)CO2)c(F)c1. The van der Waals surface area contributed by atoms with E-state index in [1.54, 1.807) is 6.07 Å². The molecule has 1 heterocycles. The molecule has 2 fully saturated rings. The van der Waals surface area contributed by atoms with Crippen molar-refractivity contribution < 1.29 is 13.9 Å². The van der Waals surface area contributed by atoms with Gasteiger partial charge in [-0.2, -0.15) is 0 Å². The fraction of sp³-hybridized carbons (Fsp3) is 0.786. The summed E-state index contributed by atoms with van der Waals surface area (Å²) in [5.41, 5.74) is 1.65. The molecule has 0 bridgehead atoms. The fourth-order valence-electron chi connectivity index (χ4n) is 5.45. The zero-order chi connectivity index (χ0) is 21.9. The Morgan fingerprint density at radius 2 is 1.48 bits per heavy atom. The van der Waals surface area contributed by atoms with Gasteiger partial charge >= 0.3 is 0 Å². The van der Waals surface area contributed by atoms with E-state index in [1.807, 2.05) is 6.07 Å². The molecule has 0 radical (unpaired) electrons. The molecule has 0 amide bonds. The van der Waals surface area contributed by atoms with Gasteiger partial charge < -0.3 is 9.47 Å². The molecule has 2 nitrogen and oxygen atoms in total. The minimum Gasteiger partial charge on any atom is -0.348 e. The molecule has 1 saturated carbocycles. The van der Waals surface area contributed by atoms with Crippen molar-refractivity contribution in [3.63, 3.8) is 0 Å². The molecule has 0 atom stereocenters. The maximum Gasteiger partial charge on any atom is 0.186 e. The summed E-state index contributed by atoms with van der Waals surface area (Å²) in [6.45, 7) is 5.91. The monoisotopic (exact) mass is 432 g/mol. The summed E-state index contributed by atoms with van der Waals surface area (Å²) in [6, 6.07) is 5.62. The zero-order valence-corrected chi connectivity index (χ0v) is 20.0. The van der Waals surface area contributed by atoms with E-state index in [9.17, 15) is 4.39 Å². The molecule has 0 unspecified atom stereocenters. The smallest absolute Gasteiger partial charge is 0.186 e. The largest absolute Gasteiger partial charge is 0.348 e. The van der Waals surface area contributed by atoms with Gasteiger partial charge in [0.25, 0.3) is 0 Å². The van der Waals surface area contributed by atoms with Gasteiger partial charge in [0.05, 0.1) is 13.2 Å². The summed E-state index contributed by atoms with van der Waals surface area (Å²) in [6.07, 6.45) is 17.5. The van der Waals surface area contributed by atoms with Gasteiger partial charge in [-0.15, -0.1) is 0 Å². The number of hydrogen-bond acceptors (Lipinski definition) is 2. The predicted molar refractivity (Wildman–Crippen MR) is 127 cm³/mol. The van der Waals surface area contributed by atoms with Crippen molar-refractivity contribution in [2.45, 2.75) is 110 Å². The highest BCUT2D eigenvalue weighted by Crippen LogP contribution is 2.39. The van der Waals surface area contributed by atoms with Crippen molar-refractivity contribution in [2.24, 2.45) is 17.8 Å². The minimum atomic E-state index is -0.541. The van der Waals surface area contributed by atoms with Gasteiger partial charge in [0.2, 0.25) is 0 Å². The van der Waals surface area contributed by atoms with Crippen molar-refractivity contribution in [1.29, 1.82) is 0 Å². The normalized spacial score (nSPS) is 26.8. The Morgan fingerprint density at radius 1 is 0.806 bits per heavy atom. The van der Waals surface area contributed by atoms with Crippen LogP contribution in [-0.4, -0.2) is 13.2 Å². The van der Waals surface area contributed by atoms with Gasteiger partial charge in [0, 0.05) is 11.5 Å². The summed E-state index contributed by atoms with van der Waals surface area (Å²) < 4.78 is 26.8. The number of ether oxygens (including phenoxy) is 2. The molecule has 1 aliphatic carbocycles. The Balaban J connectivity index is 1.39. The van der Waals surface area contributed by atoms with E-state index in [0.717, 1.165) is 24.3 Å². The summed E-state index contributed by atoms with van der Waals surface area (Å²) in [5, 5.41) is 0. The number of rotatable bonds is 12. The van der Waals surface area contributed by atoms with Crippen molar-refractivity contribution in [1.82, 2.24) is 0 Å². The quantitative estimate of drug-likeness (QED) is 0.309. The molecule has 1 aromatic carbocycles. The standard InChI is InChI=1S/C28H45FO2/c1-3-5-7-8-10-12-23-15-18-26(27(29)19-23)28-30-20-25(21-31-28)24-16-13-22(14-17-24)11-9-6-4-2/h15,18-19,22,24-25,28H,3-14,16-17,20-21H2,1-2H3. The first-order chi connectivity index (χ1) is 15.2. The van der Waals surface area contributed by atoms with Gasteiger partial charge in [-0.3, -0.25) is 0 Å². The Labute approximate surface area is 190 Å². The molecule has 2 aliphatic rings. The van der Waals surface area contributed by atoms with Crippen LogP contribution in [0, 0.1) is 23.6 Å². The molecule has 0 N–H and O–H groups in total. The maximum absolute atomic E-state index is 14.7. The first kappa shape index (κ1) is 24.7. The van der Waals surface area contributed by atoms with Crippen LogP contribution in [-0.2, 0) is 15.9 Å². The summed E-state index contributed by atoms with van der Waals surface area (Å²) in [7, 11) is 0. The first-order valence-electron chi connectivity index (χ1n) is 13.2. The lowest BCUT2D eigenvalue weighted by Crippen LogP contribution is -2.34. The highest BCUT2D eigenvalue weighted by Gasteiger charge is 2.33. The highest BCUT2D eigenvalue weighted by atomic mass is 19.1. The third kappa shape index (κ3) is 7.86. The topological polar surface area (TPSA) is 18.5 Å². The van der Waals surface area contributed by atoms with Crippen molar-refractivity contribution >= 4 is 0 Å². The molecule has 176 valence electrons. The van der Waals surface area contributed by atoms with Crippen LogP contribution in [0.15, 0.2) is 18.2 Å². The average molecular weight is 433 g/mol. The van der Waals surface area contributed by atoms with Crippen LogP contribution >= 0.6 is 0 Å². The average Bonchev–Trinajstić information content (AvgIpc) is 2.80. The van der Waals surface area contributed by atoms with E-state index in [4.69, 9.17) is 9.47 Å². The number of hydrogen-bond donors (Lipinski definition) is 0. The Bertz CT molecular complexity index is 615. The van der Waals surface area contributed by atoms with E-state index < -0.39 is 6.29 Å². The van der Waals surface area contributed by atoms with E-state index in [2.05, 4.69) is 19.9 Å². The Kier molecular flexibility index (Phi) is 10.8. The second kappa shape index (κ2) is 13.6. The van der Waals surface area contributed by atoms with Crippen LogP contribution in [0.5, 0.6) is 0 Å². The van der Waals surface area contributed by atoms with E-state index in [0.29, 0.717) is 30.6 Å². The third-order valence-electron chi connectivity index (χ3n) is 7.59. The van der Waals surface area contributed by atoms with Crippen LogP contribution in [0.4, 0.5) is 4.39 Å². The lowest BCUT2D eigenvalue weighted by molar-refractivity contribution is -0.215. The number of aryl methyl sites for hydroxylation is 1. The Morgan fingerprint density at radius 3 is 2.16 bits per heavy atom. The maximum atomic E-state index is 14.7. The minimum absolute atomic E-state index is 0.179. The molecule has 3 rings (SSSR count). The van der Waals surface area contributed by atoms with Crippen molar-refractivity contribution in [3.8, 4) is 0 Å². The molecule has 3 heteroatoms. The lowest BCUT2D eigenvalue weighted by Gasteiger charge is -2.38. The van der Waals surface area contributed by atoms with Gasteiger partial charge in [-0.1, -0.05) is 90.2 Å². The molecule has 0 spiro atoms. The van der Waals surface area contributed by atoms with Crippen LogP contribution in [0.25, 0.3) is 0 Å². The van der Waals surface area contributed by atoms with E-state index in [-0.39, 0.29) is 5.82 Å². The van der Waals surface area contributed by atoms with Crippen LogP contribution in [0.3, 0.4) is 0 Å².